The van der Waals surface area contributed by atoms with Crippen molar-refractivity contribution in [3.8, 4) is 0 Å². The minimum absolute atomic E-state index is 0.00506. The Balaban J connectivity index is 1.57. The zero-order chi connectivity index (χ0) is 17.8. The molecule has 2 atom stereocenters. The Labute approximate surface area is 151 Å². The molecule has 3 aliphatic rings. The molecule has 1 aromatic rings. The van der Waals surface area contributed by atoms with Crippen LogP contribution in [0.3, 0.4) is 0 Å². The highest BCUT2D eigenvalue weighted by molar-refractivity contribution is 7.94. The molecule has 0 radical (unpaired) electrons. The van der Waals surface area contributed by atoms with Crippen molar-refractivity contribution in [2.75, 3.05) is 19.6 Å². The predicted molar refractivity (Wildman–Crippen MR) is 91.8 cm³/mol. The molecule has 2 saturated heterocycles. The fraction of sp³-hybridized carbons (Fsp3) is 0.529. The number of hydrogen-bond donors (Lipinski definition) is 1. The van der Waals surface area contributed by atoms with Gasteiger partial charge in [0.25, 0.3) is 0 Å². The van der Waals surface area contributed by atoms with Crippen molar-refractivity contribution in [2.45, 2.75) is 28.9 Å². The van der Waals surface area contributed by atoms with Crippen molar-refractivity contribution in [1.82, 2.24) is 10.2 Å². The smallest absolute Gasteiger partial charge is 0.244 e. The van der Waals surface area contributed by atoms with Gasteiger partial charge in [0.05, 0.1) is 4.90 Å². The van der Waals surface area contributed by atoms with Gasteiger partial charge in [0.2, 0.25) is 11.8 Å². The maximum atomic E-state index is 13.1. The van der Waals surface area contributed by atoms with Crippen molar-refractivity contribution in [3.63, 3.8) is 0 Å². The average Bonchev–Trinajstić information content (AvgIpc) is 3.30. The van der Waals surface area contributed by atoms with E-state index in [2.05, 4.69) is 5.32 Å². The molecule has 2 amide bonds. The number of fused-ring (bicyclic) bond motifs is 1. The molecule has 2 heterocycles. The standard InChI is InChI=1S/C17H19ClN2O4S/c18-13-1-3-14(4-2-13)25(23,24)17(5-6-17)16(22)20-9-11-7-15(21)19-8-12(11)10-20/h1-4,11-12H,5-10H2,(H,19,21)/t11-,12+/m0/s1. The number of rotatable bonds is 3. The quantitative estimate of drug-likeness (QED) is 0.852. The third-order valence-electron chi connectivity index (χ3n) is 5.60. The van der Waals surface area contributed by atoms with Crippen LogP contribution in [0.5, 0.6) is 0 Å². The lowest BCUT2D eigenvalue weighted by molar-refractivity contribution is -0.131. The lowest BCUT2D eigenvalue weighted by Crippen LogP contribution is -2.44. The highest BCUT2D eigenvalue weighted by Gasteiger charge is 2.63. The molecule has 1 saturated carbocycles. The van der Waals surface area contributed by atoms with Crippen molar-refractivity contribution < 1.29 is 18.0 Å². The van der Waals surface area contributed by atoms with Crippen molar-refractivity contribution >= 4 is 33.3 Å². The van der Waals surface area contributed by atoms with E-state index in [4.69, 9.17) is 11.6 Å². The third kappa shape index (κ3) is 2.64. The van der Waals surface area contributed by atoms with Crippen molar-refractivity contribution in [3.05, 3.63) is 29.3 Å². The van der Waals surface area contributed by atoms with Gasteiger partial charge in [0.15, 0.2) is 14.6 Å². The van der Waals surface area contributed by atoms with Crippen LogP contribution >= 0.6 is 11.6 Å². The molecule has 2 aliphatic heterocycles. The van der Waals surface area contributed by atoms with Gasteiger partial charge in [-0.2, -0.15) is 0 Å². The van der Waals surface area contributed by atoms with Crippen LogP contribution < -0.4 is 5.32 Å². The average molecular weight is 383 g/mol. The number of sulfone groups is 1. The van der Waals surface area contributed by atoms with E-state index in [9.17, 15) is 18.0 Å². The second kappa shape index (κ2) is 5.71. The summed E-state index contributed by atoms with van der Waals surface area (Å²) < 4.78 is 24.7. The van der Waals surface area contributed by atoms with Gasteiger partial charge in [-0.05, 0) is 48.9 Å². The Hall–Kier alpha value is -1.60. The zero-order valence-corrected chi connectivity index (χ0v) is 15.1. The molecule has 1 aromatic carbocycles. The Kier molecular flexibility index (Phi) is 3.85. The molecule has 8 heteroatoms. The molecular weight excluding hydrogens is 364 g/mol. The van der Waals surface area contributed by atoms with Crippen LogP contribution in [0.2, 0.25) is 5.02 Å². The summed E-state index contributed by atoms with van der Waals surface area (Å²) in [5.74, 6) is 0.0391. The van der Waals surface area contributed by atoms with Crippen LogP contribution in [-0.4, -0.2) is 49.5 Å². The first-order chi connectivity index (χ1) is 11.8. The van der Waals surface area contributed by atoms with Gasteiger partial charge in [-0.3, -0.25) is 9.59 Å². The molecule has 0 aromatic heterocycles. The van der Waals surface area contributed by atoms with Gasteiger partial charge < -0.3 is 10.2 Å². The van der Waals surface area contributed by atoms with E-state index in [1.54, 1.807) is 4.90 Å². The number of amides is 2. The topological polar surface area (TPSA) is 83.6 Å². The van der Waals surface area contributed by atoms with Gasteiger partial charge in [-0.25, -0.2) is 8.42 Å². The number of piperidine rings is 1. The summed E-state index contributed by atoms with van der Waals surface area (Å²) in [5.41, 5.74) is 0. The van der Waals surface area contributed by atoms with E-state index in [1.165, 1.54) is 24.3 Å². The van der Waals surface area contributed by atoms with Crippen LogP contribution in [0, 0.1) is 11.8 Å². The van der Waals surface area contributed by atoms with E-state index < -0.39 is 14.6 Å². The first-order valence-electron chi connectivity index (χ1n) is 8.40. The number of carbonyl (C=O) groups is 2. The number of hydrogen-bond acceptors (Lipinski definition) is 4. The fourth-order valence-electron chi connectivity index (χ4n) is 3.96. The minimum Gasteiger partial charge on any atom is -0.356 e. The Morgan fingerprint density at radius 2 is 1.80 bits per heavy atom. The summed E-state index contributed by atoms with van der Waals surface area (Å²) >= 11 is 5.84. The van der Waals surface area contributed by atoms with Crippen LogP contribution in [0.4, 0.5) is 0 Å². The van der Waals surface area contributed by atoms with Crippen LogP contribution in [0.1, 0.15) is 19.3 Å². The molecular formula is C17H19ClN2O4S. The van der Waals surface area contributed by atoms with Crippen LogP contribution in [-0.2, 0) is 19.4 Å². The fourth-order valence-corrected chi connectivity index (χ4v) is 6.03. The number of benzene rings is 1. The maximum absolute atomic E-state index is 13.1. The lowest BCUT2D eigenvalue weighted by atomic mass is 9.89. The molecule has 25 heavy (non-hydrogen) atoms. The number of likely N-dealkylation sites (tertiary alicyclic amines) is 1. The Morgan fingerprint density at radius 1 is 1.16 bits per heavy atom. The highest BCUT2D eigenvalue weighted by Crippen LogP contribution is 2.49. The summed E-state index contributed by atoms with van der Waals surface area (Å²) in [6.45, 7) is 1.54. The number of nitrogens with one attached hydrogen (secondary N) is 1. The van der Waals surface area contributed by atoms with Gasteiger partial charge in [0.1, 0.15) is 0 Å². The molecule has 0 spiro atoms. The summed E-state index contributed by atoms with van der Waals surface area (Å²) in [7, 11) is -3.76. The second-order valence-electron chi connectivity index (χ2n) is 7.19. The van der Waals surface area contributed by atoms with E-state index in [1.807, 2.05) is 0 Å². The predicted octanol–water partition coefficient (Wildman–Crippen LogP) is 1.24. The largest absolute Gasteiger partial charge is 0.356 e. The maximum Gasteiger partial charge on any atom is 0.244 e. The zero-order valence-electron chi connectivity index (χ0n) is 13.6. The van der Waals surface area contributed by atoms with Crippen LogP contribution in [0.15, 0.2) is 29.2 Å². The molecule has 1 N–H and O–H groups in total. The van der Waals surface area contributed by atoms with Gasteiger partial charge >= 0.3 is 0 Å². The summed E-state index contributed by atoms with van der Waals surface area (Å²) in [6, 6.07) is 5.96. The normalized spacial score (nSPS) is 27.6. The first-order valence-corrected chi connectivity index (χ1v) is 10.3. The molecule has 0 unspecified atom stereocenters. The summed E-state index contributed by atoms with van der Waals surface area (Å²) in [4.78, 5) is 26.4. The van der Waals surface area contributed by atoms with E-state index in [-0.39, 0.29) is 28.5 Å². The Morgan fingerprint density at radius 3 is 2.44 bits per heavy atom. The molecule has 4 rings (SSSR count). The minimum atomic E-state index is -3.76. The van der Waals surface area contributed by atoms with Gasteiger partial charge in [0, 0.05) is 31.1 Å². The number of halogens is 1. The molecule has 3 fully saturated rings. The monoisotopic (exact) mass is 382 g/mol. The Bertz CT molecular complexity index is 833. The van der Waals surface area contributed by atoms with E-state index in [0.717, 1.165) is 0 Å². The number of carbonyl (C=O) groups excluding carboxylic acids is 2. The highest BCUT2D eigenvalue weighted by atomic mass is 35.5. The SMILES string of the molecule is O=C1C[C@H]2CN(C(=O)C3(S(=O)(=O)c4ccc(Cl)cc4)CC3)C[C@H]2CN1. The lowest BCUT2D eigenvalue weighted by Gasteiger charge is -2.23. The van der Waals surface area contributed by atoms with Crippen molar-refractivity contribution in [2.24, 2.45) is 11.8 Å². The van der Waals surface area contributed by atoms with Crippen LogP contribution in [0.25, 0.3) is 0 Å². The van der Waals surface area contributed by atoms with E-state index >= 15 is 0 Å². The van der Waals surface area contributed by atoms with E-state index in [0.29, 0.717) is 43.9 Å². The molecule has 6 nitrogen and oxygen atoms in total. The van der Waals surface area contributed by atoms with Gasteiger partial charge in [-0.15, -0.1) is 0 Å². The second-order valence-corrected chi connectivity index (χ2v) is 9.89. The molecule has 134 valence electrons. The third-order valence-corrected chi connectivity index (χ3v) is 8.36. The summed E-state index contributed by atoms with van der Waals surface area (Å²) in [6.07, 6.45) is 1.10. The molecule has 0 bridgehead atoms. The number of nitrogens with zero attached hydrogens (tertiary/aromatic N) is 1. The van der Waals surface area contributed by atoms with Gasteiger partial charge in [-0.1, -0.05) is 11.6 Å². The molecule has 1 aliphatic carbocycles. The summed E-state index contributed by atoms with van der Waals surface area (Å²) in [5, 5.41) is 3.28. The van der Waals surface area contributed by atoms with Crippen molar-refractivity contribution in [1.29, 1.82) is 0 Å². The first kappa shape index (κ1) is 16.8.